The van der Waals surface area contributed by atoms with E-state index in [1.807, 2.05) is 49.4 Å². The lowest BCUT2D eigenvalue weighted by molar-refractivity contribution is 0.461. The molecule has 0 saturated carbocycles. The zero-order valence-electron chi connectivity index (χ0n) is 18.5. The highest BCUT2D eigenvalue weighted by Crippen LogP contribution is 2.33. The maximum atomic E-state index is 6.19. The molecule has 5 rings (SSSR count). The number of H-pyrrole nitrogens is 1. The van der Waals surface area contributed by atoms with E-state index in [1.165, 1.54) is 5.56 Å². The summed E-state index contributed by atoms with van der Waals surface area (Å²) < 4.78 is 6.19. The van der Waals surface area contributed by atoms with Gasteiger partial charge in [-0.2, -0.15) is 0 Å². The van der Waals surface area contributed by atoms with Gasteiger partial charge in [-0.1, -0.05) is 6.07 Å². The van der Waals surface area contributed by atoms with Crippen LogP contribution in [0.3, 0.4) is 0 Å². The third-order valence-electron chi connectivity index (χ3n) is 5.21. The Morgan fingerprint density at radius 1 is 0.909 bits per heavy atom. The highest BCUT2D eigenvalue weighted by molar-refractivity contribution is 5.79. The first-order valence-corrected chi connectivity index (χ1v) is 10.6. The Morgan fingerprint density at radius 2 is 1.82 bits per heavy atom. The summed E-state index contributed by atoms with van der Waals surface area (Å²) in [6.07, 6.45) is 3.41. The number of anilines is 3. The van der Waals surface area contributed by atoms with Crippen LogP contribution in [-0.2, 0) is 0 Å². The van der Waals surface area contributed by atoms with Crippen molar-refractivity contribution in [1.82, 2.24) is 24.9 Å². The lowest BCUT2D eigenvalue weighted by Crippen LogP contribution is -1.99. The molecule has 0 bridgehead atoms. The summed E-state index contributed by atoms with van der Waals surface area (Å²) in [6, 6.07) is 17.7. The van der Waals surface area contributed by atoms with Crippen LogP contribution >= 0.6 is 0 Å². The number of aromatic amines is 1. The highest BCUT2D eigenvalue weighted by atomic mass is 16.5. The van der Waals surface area contributed by atoms with Crippen molar-refractivity contribution in [3.8, 4) is 22.9 Å². The molecule has 3 aromatic heterocycles. The first-order chi connectivity index (χ1) is 16.1. The fraction of sp³-hybridized carbons (Fsp3) is 0.120. The molecule has 0 saturated heterocycles. The van der Waals surface area contributed by atoms with Crippen LogP contribution < -0.4 is 15.4 Å². The van der Waals surface area contributed by atoms with Crippen molar-refractivity contribution in [3.63, 3.8) is 0 Å². The topological polar surface area (TPSA) is 101 Å². The maximum Gasteiger partial charge on any atom is 0.228 e. The third kappa shape index (κ3) is 4.31. The van der Waals surface area contributed by atoms with Crippen molar-refractivity contribution in [2.45, 2.75) is 13.8 Å². The van der Waals surface area contributed by atoms with Crippen LogP contribution in [0.1, 0.15) is 11.1 Å². The minimum atomic E-state index is 0.481. The van der Waals surface area contributed by atoms with E-state index in [4.69, 9.17) is 4.74 Å². The fourth-order valence-electron chi connectivity index (χ4n) is 3.55. The van der Waals surface area contributed by atoms with Gasteiger partial charge in [0.25, 0.3) is 0 Å². The zero-order chi connectivity index (χ0) is 22.8. The van der Waals surface area contributed by atoms with Crippen LogP contribution in [0.4, 0.5) is 17.6 Å². The van der Waals surface area contributed by atoms with E-state index in [1.54, 1.807) is 19.4 Å². The second kappa shape index (κ2) is 8.58. The van der Waals surface area contributed by atoms with E-state index >= 15 is 0 Å². The van der Waals surface area contributed by atoms with E-state index in [-0.39, 0.29) is 0 Å². The van der Waals surface area contributed by atoms with Gasteiger partial charge in [-0.15, -0.1) is 0 Å². The lowest BCUT2D eigenvalue weighted by Gasteiger charge is -2.13. The second-order valence-electron chi connectivity index (χ2n) is 7.68. The number of pyridine rings is 1. The molecular formula is C25H23N7O. The molecule has 0 spiro atoms. The molecule has 0 aliphatic carbocycles. The number of ether oxygens (including phenoxy) is 1. The Kier molecular flexibility index (Phi) is 5.32. The van der Waals surface area contributed by atoms with Crippen molar-refractivity contribution in [3.05, 3.63) is 78.1 Å². The summed E-state index contributed by atoms with van der Waals surface area (Å²) in [4.78, 5) is 21.0. The molecule has 0 aliphatic heterocycles. The Bertz CT molecular complexity index is 1440. The quantitative estimate of drug-likeness (QED) is 0.317. The van der Waals surface area contributed by atoms with Gasteiger partial charge in [0, 0.05) is 25.1 Å². The van der Waals surface area contributed by atoms with Gasteiger partial charge in [0.2, 0.25) is 17.8 Å². The van der Waals surface area contributed by atoms with Gasteiger partial charge < -0.3 is 20.4 Å². The highest BCUT2D eigenvalue weighted by Gasteiger charge is 2.13. The third-order valence-corrected chi connectivity index (χ3v) is 5.21. The number of hydrogen-bond acceptors (Lipinski definition) is 7. The number of aromatic nitrogens is 5. The first kappa shape index (κ1) is 20.4. The monoisotopic (exact) mass is 437 g/mol. The standard InChI is InChI=1S/C25H23N7O/c1-15-6-8-20-21(13-15)32-25(31-20)29-17-7-9-22(16(2)14-17)33-23-18(5-4-11-27-23)19-10-12-28-24(26-3)30-19/h4-14H,1-3H3,(H,26,28,30)(H2,29,31,32). The summed E-state index contributed by atoms with van der Waals surface area (Å²) in [5.74, 6) is 2.42. The summed E-state index contributed by atoms with van der Waals surface area (Å²) in [7, 11) is 1.78. The zero-order valence-corrected chi connectivity index (χ0v) is 18.5. The number of nitrogens with one attached hydrogen (secondary N) is 3. The van der Waals surface area contributed by atoms with Crippen molar-refractivity contribution < 1.29 is 4.74 Å². The molecule has 0 unspecified atom stereocenters. The molecule has 0 fully saturated rings. The summed E-state index contributed by atoms with van der Waals surface area (Å²) in [6.45, 7) is 4.05. The largest absolute Gasteiger partial charge is 0.438 e. The van der Waals surface area contributed by atoms with Gasteiger partial charge >= 0.3 is 0 Å². The minimum absolute atomic E-state index is 0.481. The SMILES string of the molecule is CNc1nccc(-c2cccnc2Oc2ccc(Nc3nc4cc(C)ccc4[nH]3)cc2C)n1. The van der Waals surface area contributed by atoms with Gasteiger partial charge in [-0.3, -0.25) is 0 Å². The molecule has 164 valence electrons. The molecule has 5 aromatic rings. The van der Waals surface area contributed by atoms with Crippen LogP contribution in [0.25, 0.3) is 22.3 Å². The number of imidazole rings is 1. The smallest absolute Gasteiger partial charge is 0.228 e. The van der Waals surface area contributed by atoms with Gasteiger partial charge in [0.1, 0.15) is 5.75 Å². The fourth-order valence-corrected chi connectivity index (χ4v) is 3.55. The van der Waals surface area contributed by atoms with Crippen LogP contribution in [0, 0.1) is 13.8 Å². The van der Waals surface area contributed by atoms with Crippen LogP contribution in [0.5, 0.6) is 11.6 Å². The van der Waals surface area contributed by atoms with Crippen molar-refractivity contribution >= 4 is 28.6 Å². The maximum absolute atomic E-state index is 6.19. The van der Waals surface area contributed by atoms with E-state index in [0.717, 1.165) is 33.5 Å². The molecule has 3 heterocycles. The molecule has 8 heteroatoms. The number of rotatable bonds is 6. The van der Waals surface area contributed by atoms with Gasteiger partial charge in [0.05, 0.1) is 22.3 Å². The molecule has 0 amide bonds. The van der Waals surface area contributed by atoms with E-state index in [2.05, 4.69) is 54.6 Å². The Morgan fingerprint density at radius 3 is 2.67 bits per heavy atom. The molecule has 0 radical (unpaired) electrons. The summed E-state index contributed by atoms with van der Waals surface area (Å²) in [5, 5.41) is 6.29. The van der Waals surface area contributed by atoms with Crippen LogP contribution in [-0.4, -0.2) is 32.0 Å². The molecule has 8 nitrogen and oxygen atoms in total. The van der Waals surface area contributed by atoms with Gasteiger partial charge in [-0.25, -0.2) is 19.9 Å². The second-order valence-corrected chi connectivity index (χ2v) is 7.68. The van der Waals surface area contributed by atoms with E-state index in [0.29, 0.717) is 23.5 Å². The van der Waals surface area contributed by atoms with Gasteiger partial charge in [0.15, 0.2) is 0 Å². The van der Waals surface area contributed by atoms with Crippen molar-refractivity contribution in [1.29, 1.82) is 0 Å². The van der Waals surface area contributed by atoms with Crippen LogP contribution in [0.2, 0.25) is 0 Å². The molecule has 0 aliphatic rings. The average Bonchev–Trinajstić information content (AvgIpc) is 3.22. The number of nitrogens with zero attached hydrogens (tertiary/aromatic N) is 4. The van der Waals surface area contributed by atoms with Crippen LogP contribution in [0.15, 0.2) is 67.0 Å². The Labute approximate surface area is 191 Å². The predicted molar refractivity (Wildman–Crippen MR) is 130 cm³/mol. The van der Waals surface area contributed by atoms with Crippen molar-refractivity contribution in [2.24, 2.45) is 0 Å². The van der Waals surface area contributed by atoms with Gasteiger partial charge in [-0.05, 0) is 73.5 Å². The molecule has 2 aromatic carbocycles. The number of fused-ring (bicyclic) bond motifs is 1. The normalized spacial score (nSPS) is 10.9. The summed E-state index contributed by atoms with van der Waals surface area (Å²) >= 11 is 0. The van der Waals surface area contributed by atoms with E-state index < -0.39 is 0 Å². The summed E-state index contributed by atoms with van der Waals surface area (Å²) in [5.41, 5.74) is 6.49. The van der Waals surface area contributed by atoms with E-state index in [9.17, 15) is 0 Å². The molecular weight excluding hydrogens is 414 g/mol. The average molecular weight is 438 g/mol. The first-order valence-electron chi connectivity index (χ1n) is 10.6. The molecule has 3 N–H and O–H groups in total. The lowest BCUT2D eigenvalue weighted by atomic mass is 10.2. The Hall–Kier alpha value is -4.46. The molecule has 0 atom stereocenters. The minimum Gasteiger partial charge on any atom is -0.438 e. The number of benzene rings is 2. The molecule has 33 heavy (non-hydrogen) atoms. The predicted octanol–water partition coefficient (Wildman–Crippen LogP) is 5.61. The number of hydrogen-bond donors (Lipinski definition) is 3. The van der Waals surface area contributed by atoms with Crippen molar-refractivity contribution in [2.75, 3.05) is 17.7 Å². The number of aryl methyl sites for hydroxylation is 2. The Balaban J connectivity index is 1.39.